The third-order valence-corrected chi connectivity index (χ3v) is 5.20. The van der Waals surface area contributed by atoms with E-state index in [0.29, 0.717) is 17.0 Å². The minimum absolute atomic E-state index is 0.251. The molecule has 0 amide bonds. The second-order valence-electron chi connectivity index (χ2n) is 6.63. The van der Waals surface area contributed by atoms with Gasteiger partial charge in [-0.05, 0) is 59.7 Å². The molecule has 0 fully saturated rings. The first-order valence-corrected chi connectivity index (χ1v) is 8.64. The highest BCUT2D eigenvalue weighted by atomic mass is 15.3. The van der Waals surface area contributed by atoms with Gasteiger partial charge in [-0.3, -0.25) is 4.68 Å². The minimum atomic E-state index is 0.251. The van der Waals surface area contributed by atoms with Crippen LogP contribution in [0.3, 0.4) is 0 Å². The summed E-state index contributed by atoms with van der Waals surface area (Å²) in [6, 6.07) is 18.3. The lowest BCUT2D eigenvalue weighted by molar-refractivity contribution is 0.405. The number of hydrogen-bond acceptors (Lipinski definition) is 4. The summed E-state index contributed by atoms with van der Waals surface area (Å²) in [5.41, 5.74) is 5.15. The van der Waals surface area contributed by atoms with Crippen LogP contribution < -0.4 is 0 Å². The van der Waals surface area contributed by atoms with Gasteiger partial charge in [-0.1, -0.05) is 18.2 Å². The van der Waals surface area contributed by atoms with Crippen molar-refractivity contribution in [2.45, 2.75) is 31.2 Å². The van der Waals surface area contributed by atoms with Gasteiger partial charge in [0.25, 0.3) is 0 Å². The van der Waals surface area contributed by atoms with Crippen LogP contribution >= 0.6 is 0 Å². The van der Waals surface area contributed by atoms with Gasteiger partial charge < -0.3 is 0 Å². The SMILES string of the molecule is N#Cc1ccc([C@H]2CCc3cc(C#N)ccc3[C@H]2Cn2cncn2)cc1. The highest BCUT2D eigenvalue weighted by Crippen LogP contribution is 2.43. The summed E-state index contributed by atoms with van der Waals surface area (Å²) in [5.74, 6) is 0.591. The van der Waals surface area contributed by atoms with Crippen molar-refractivity contribution in [3.8, 4) is 12.1 Å². The van der Waals surface area contributed by atoms with Crippen molar-refractivity contribution in [3.05, 3.63) is 82.9 Å². The smallest absolute Gasteiger partial charge is 0.137 e. The zero-order valence-corrected chi connectivity index (χ0v) is 14.2. The van der Waals surface area contributed by atoms with Gasteiger partial charge in [-0.2, -0.15) is 15.6 Å². The van der Waals surface area contributed by atoms with Crippen LogP contribution in [0.5, 0.6) is 0 Å². The first-order valence-electron chi connectivity index (χ1n) is 8.64. The predicted octanol–water partition coefficient (Wildman–Crippen LogP) is 3.54. The average Bonchev–Trinajstić information content (AvgIpc) is 3.21. The van der Waals surface area contributed by atoms with Gasteiger partial charge in [-0.25, -0.2) is 4.98 Å². The molecule has 2 atom stereocenters. The van der Waals surface area contributed by atoms with Gasteiger partial charge in [0.2, 0.25) is 0 Å². The summed E-state index contributed by atoms with van der Waals surface area (Å²) < 4.78 is 1.87. The fourth-order valence-electron chi connectivity index (χ4n) is 3.94. The number of fused-ring (bicyclic) bond motifs is 1. The van der Waals surface area contributed by atoms with Crippen LogP contribution in [0.25, 0.3) is 0 Å². The molecule has 26 heavy (non-hydrogen) atoms. The van der Waals surface area contributed by atoms with Crippen molar-refractivity contribution >= 4 is 0 Å². The van der Waals surface area contributed by atoms with Crippen molar-refractivity contribution in [2.75, 3.05) is 0 Å². The Bertz CT molecular complexity index is 990. The number of nitrogens with zero attached hydrogens (tertiary/aromatic N) is 5. The molecule has 1 aliphatic carbocycles. The lowest BCUT2D eigenvalue weighted by Crippen LogP contribution is -2.24. The van der Waals surface area contributed by atoms with E-state index in [-0.39, 0.29) is 5.92 Å². The standard InChI is InChI=1S/C21H17N5/c22-10-15-1-4-17(5-2-15)19-8-6-18-9-16(11-23)3-7-20(18)21(19)12-26-14-24-13-25-26/h1-5,7,9,13-14,19,21H,6,8,12H2/t19-,21+/m1/s1. The van der Waals surface area contributed by atoms with Crippen molar-refractivity contribution in [2.24, 2.45) is 0 Å². The molecule has 0 unspecified atom stereocenters. The zero-order valence-electron chi connectivity index (χ0n) is 14.2. The highest BCUT2D eigenvalue weighted by Gasteiger charge is 2.31. The van der Waals surface area contributed by atoms with Gasteiger partial charge in [0.1, 0.15) is 12.7 Å². The van der Waals surface area contributed by atoms with Crippen LogP contribution in [0.2, 0.25) is 0 Å². The first-order chi connectivity index (χ1) is 12.8. The maximum Gasteiger partial charge on any atom is 0.137 e. The number of aromatic nitrogens is 3. The maximum atomic E-state index is 9.19. The molecule has 0 N–H and O–H groups in total. The van der Waals surface area contributed by atoms with Crippen molar-refractivity contribution in [1.82, 2.24) is 14.8 Å². The fourth-order valence-corrected chi connectivity index (χ4v) is 3.94. The van der Waals surface area contributed by atoms with Crippen LogP contribution in [0.15, 0.2) is 55.1 Å². The van der Waals surface area contributed by atoms with Gasteiger partial charge in [0, 0.05) is 5.92 Å². The summed E-state index contributed by atoms with van der Waals surface area (Å²) in [4.78, 5) is 4.06. The zero-order chi connectivity index (χ0) is 17.9. The van der Waals surface area contributed by atoms with E-state index in [9.17, 15) is 5.26 Å². The summed E-state index contributed by atoms with van der Waals surface area (Å²) in [7, 11) is 0. The number of hydrogen-bond donors (Lipinski definition) is 0. The average molecular weight is 339 g/mol. The van der Waals surface area contributed by atoms with Crippen molar-refractivity contribution < 1.29 is 0 Å². The first kappa shape index (κ1) is 16.1. The van der Waals surface area contributed by atoms with E-state index in [1.54, 1.807) is 12.7 Å². The number of aryl methyl sites for hydroxylation is 1. The molecule has 0 saturated heterocycles. The molecule has 1 heterocycles. The van der Waals surface area contributed by atoms with Crippen LogP contribution in [0.1, 0.15) is 46.1 Å². The van der Waals surface area contributed by atoms with Gasteiger partial charge in [-0.15, -0.1) is 0 Å². The fraction of sp³-hybridized carbons (Fsp3) is 0.238. The Hall–Kier alpha value is -3.44. The molecular weight excluding hydrogens is 322 g/mol. The van der Waals surface area contributed by atoms with Crippen LogP contribution in [0, 0.1) is 22.7 Å². The highest BCUT2D eigenvalue weighted by molar-refractivity contribution is 5.44. The quantitative estimate of drug-likeness (QED) is 0.731. The third kappa shape index (κ3) is 2.96. The second kappa shape index (κ2) is 6.82. The molecule has 126 valence electrons. The Balaban J connectivity index is 1.75. The normalized spacial score (nSPS) is 18.5. The van der Waals surface area contributed by atoms with Crippen LogP contribution in [0.4, 0.5) is 0 Å². The molecule has 0 spiro atoms. The Labute approximate surface area is 152 Å². The van der Waals surface area contributed by atoms with E-state index in [0.717, 1.165) is 19.4 Å². The molecule has 3 aromatic rings. The molecule has 0 radical (unpaired) electrons. The Morgan fingerprint density at radius 1 is 1.04 bits per heavy atom. The topological polar surface area (TPSA) is 78.3 Å². The molecule has 1 aliphatic rings. The maximum absolute atomic E-state index is 9.19. The molecule has 0 bridgehead atoms. The number of nitriles is 2. The summed E-state index contributed by atoms with van der Waals surface area (Å²) in [5, 5.41) is 22.5. The monoisotopic (exact) mass is 339 g/mol. The van der Waals surface area contributed by atoms with Gasteiger partial charge in [0.15, 0.2) is 0 Å². The Morgan fingerprint density at radius 3 is 2.50 bits per heavy atom. The van der Waals surface area contributed by atoms with E-state index in [1.807, 2.05) is 28.9 Å². The van der Waals surface area contributed by atoms with E-state index >= 15 is 0 Å². The molecule has 1 aromatic heterocycles. The Kier molecular flexibility index (Phi) is 4.21. The molecule has 5 nitrogen and oxygen atoms in total. The van der Waals surface area contributed by atoms with Gasteiger partial charge >= 0.3 is 0 Å². The summed E-state index contributed by atoms with van der Waals surface area (Å²) in [6.07, 6.45) is 5.25. The third-order valence-electron chi connectivity index (χ3n) is 5.20. The van der Waals surface area contributed by atoms with Crippen molar-refractivity contribution in [3.63, 3.8) is 0 Å². The summed E-state index contributed by atoms with van der Waals surface area (Å²) in [6.45, 7) is 0.740. The second-order valence-corrected chi connectivity index (χ2v) is 6.63. The van der Waals surface area contributed by atoms with Crippen LogP contribution in [-0.2, 0) is 13.0 Å². The van der Waals surface area contributed by atoms with E-state index in [4.69, 9.17) is 5.26 Å². The van der Waals surface area contributed by atoms with Crippen LogP contribution in [-0.4, -0.2) is 14.8 Å². The van der Waals surface area contributed by atoms with E-state index < -0.39 is 0 Å². The lowest BCUT2D eigenvalue weighted by atomic mass is 9.71. The molecular formula is C21H17N5. The molecule has 4 rings (SSSR count). The predicted molar refractivity (Wildman–Crippen MR) is 96.1 cm³/mol. The molecule has 0 aliphatic heterocycles. The van der Waals surface area contributed by atoms with Gasteiger partial charge in [0.05, 0.1) is 29.8 Å². The van der Waals surface area contributed by atoms with E-state index in [2.05, 4.69) is 40.4 Å². The number of rotatable bonds is 3. The summed E-state index contributed by atoms with van der Waals surface area (Å²) >= 11 is 0. The molecule has 5 heteroatoms. The largest absolute Gasteiger partial charge is 0.252 e. The molecule has 2 aromatic carbocycles. The van der Waals surface area contributed by atoms with E-state index in [1.165, 1.54) is 16.7 Å². The Morgan fingerprint density at radius 2 is 1.81 bits per heavy atom. The number of benzene rings is 2. The molecule has 0 saturated carbocycles. The lowest BCUT2D eigenvalue weighted by Gasteiger charge is -2.34. The minimum Gasteiger partial charge on any atom is -0.252 e. The van der Waals surface area contributed by atoms with Crippen molar-refractivity contribution in [1.29, 1.82) is 10.5 Å².